The Kier molecular flexibility index (Phi) is 8.90. The van der Waals surface area contributed by atoms with Gasteiger partial charge in [-0.2, -0.15) is 26.3 Å². The number of halogens is 6. The van der Waals surface area contributed by atoms with Crippen molar-refractivity contribution in [3.63, 3.8) is 0 Å². The zero-order valence-corrected chi connectivity index (χ0v) is 19.5. The second-order valence-corrected chi connectivity index (χ2v) is 7.73. The Morgan fingerprint density at radius 2 is 0.737 bits per heavy atom. The number of rotatable bonds is 4. The molecule has 0 aliphatic rings. The Hall–Kier alpha value is -4.60. The molecule has 2 amide bonds. The summed E-state index contributed by atoms with van der Waals surface area (Å²) >= 11 is 0. The predicted octanol–water partition coefficient (Wildman–Crippen LogP) is 7.92. The van der Waals surface area contributed by atoms with E-state index in [-0.39, 0.29) is 11.1 Å². The summed E-state index contributed by atoms with van der Waals surface area (Å²) in [4.78, 5) is 23.7. The summed E-state index contributed by atoms with van der Waals surface area (Å²) < 4.78 is 76.6. The van der Waals surface area contributed by atoms with Crippen LogP contribution in [0.3, 0.4) is 0 Å². The average molecular weight is 530 g/mol. The van der Waals surface area contributed by atoms with E-state index in [1.54, 1.807) is 60.7 Å². The van der Waals surface area contributed by atoms with Crippen molar-refractivity contribution in [3.05, 3.63) is 131 Å². The molecule has 0 radical (unpaired) electrons. The first-order valence-electron chi connectivity index (χ1n) is 11.0. The molecule has 0 spiro atoms. The molecule has 4 aromatic rings. The number of benzene rings is 4. The highest BCUT2D eigenvalue weighted by molar-refractivity contribution is 6.06. The maximum Gasteiger partial charge on any atom is 0.417 e. The normalized spacial score (nSPS) is 11.1. The lowest BCUT2D eigenvalue weighted by Gasteiger charge is -2.12. The second-order valence-electron chi connectivity index (χ2n) is 7.73. The van der Waals surface area contributed by atoms with Crippen LogP contribution < -0.4 is 10.6 Å². The van der Waals surface area contributed by atoms with Crippen LogP contribution in [0, 0.1) is 0 Å². The highest BCUT2D eigenvalue weighted by atomic mass is 19.4. The van der Waals surface area contributed by atoms with Gasteiger partial charge in [-0.1, -0.05) is 60.7 Å². The smallest absolute Gasteiger partial charge is 0.322 e. The van der Waals surface area contributed by atoms with Crippen molar-refractivity contribution in [2.45, 2.75) is 12.4 Å². The van der Waals surface area contributed by atoms with Gasteiger partial charge in [0.2, 0.25) is 0 Å². The molecule has 0 heterocycles. The third kappa shape index (κ3) is 7.70. The van der Waals surface area contributed by atoms with Gasteiger partial charge >= 0.3 is 12.4 Å². The fourth-order valence-corrected chi connectivity index (χ4v) is 3.30. The molecule has 0 aliphatic heterocycles. The fraction of sp³-hybridized carbons (Fsp3) is 0.0714. The van der Waals surface area contributed by atoms with Gasteiger partial charge in [0.1, 0.15) is 0 Å². The zero-order chi connectivity index (χ0) is 27.8. The minimum atomic E-state index is -4.55. The van der Waals surface area contributed by atoms with E-state index < -0.39 is 35.3 Å². The van der Waals surface area contributed by atoms with Gasteiger partial charge in [-0.3, -0.25) is 9.59 Å². The lowest BCUT2D eigenvalue weighted by molar-refractivity contribution is -0.138. The molecule has 0 atom stereocenters. The number of alkyl halides is 6. The first-order chi connectivity index (χ1) is 18.0. The van der Waals surface area contributed by atoms with Gasteiger partial charge in [0.05, 0.1) is 22.3 Å². The van der Waals surface area contributed by atoms with Crippen LogP contribution in [0.5, 0.6) is 0 Å². The lowest BCUT2D eigenvalue weighted by Crippen LogP contribution is -2.18. The number of amides is 2. The van der Waals surface area contributed by atoms with Crippen LogP contribution in [0.1, 0.15) is 31.8 Å². The van der Waals surface area contributed by atoms with E-state index in [9.17, 15) is 35.9 Å². The second kappa shape index (κ2) is 12.1. The molecule has 0 bridgehead atoms. The minimum absolute atomic E-state index is 0.390. The topological polar surface area (TPSA) is 58.2 Å². The number of anilines is 2. The van der Waals surface area contributed by atoms with Crippen LogP contribution in [-0.2, 0) is 12.4 Å². The molecule has 4 rings (SSSR count). The van der Waals surface area contributed by atoms with Gasteiger partial charge < -0.3 is 10.6 Å². The molecule has 0 unspecified atom stereocenters. The molecular weight excluding hydrogens is 510 g/mol. The molecule has 0 fully saturated rings. The zero-order valence-electron chi connectivity index (χ0n) is 19.5. The van der Waals surface area contributed by atoms with Crippen molar-refractivity contribution in [1.29, 1.82) is 0 Å². The van der Waals surface area contributed by atoms with Crippen molar-refractivity contribution in [2.24, 2.45) is 0 Å². The van der Waals surface area contributed by atoms with Crippen molar-refractivity contribution in [3.8, 4) is 0 Å². The molecule has 0 saturated carbocycles. The van der Waals surface area contributed by atoms with Crippen molar-refractivity contribution < 1.29 is 35.9 Å². The van der Waals surface area contributed by atoms with Gasteiger partial charge in [0.15, 0.2) is 0 Å². The van der Waals surface area contributed by atoms with Crippen LogP contribution in [0.15, 0.2) is 109 Å². The van der Waals surface area contributed by atoms with E-state index in [1.807, 2.05) is 0 Å². The summed E-state index contributed by atoms with van der Waals surface area (Å²) in [5.74, 6) is -1.56. The average Bonchev–Trinajstić information content (AvgIpc) is 2.89. The summed E-state index contributed by atoms with van der Waals surface area (Å²) in [5, 5.41) is 4.86. The van der Waals surface area contributed by atoms with Crippen LogP contribution in [0.2, 0.25) is 0 Å². The van der Waals surface area contributed by atoms with E-state index in [0.29, 0.717) is 11.4 Å². The molecule has 0 saturated heterocycles. The minimum Gasteiger partial charge on any atom is -0.322 e. The number of para-hydroxylation sites is 2. The molecule has 4 nitrogen and oxygen atoms in total. The molecule has 196 valence electrons. The van der Waals surface area contributed by atoms with Gasteiger partial charge in [0.25, 0.3) is 11.8 Å². The maximum absolute atomic E-state index is 12.8. The third-order valence-electron chi connectivity index (χ3n) is 5.02. The largest absolute Gasteiger partial charge is 0.417 e. The summed E-state index contributed by atoms with van der Waals surface area (Å²) in [5.41, 5.74) is -1.77. The fourth-order valence-electron chi connectivity index (χ4n) is 3.30. The van der Waals surface area contributed by atoms with Crippen LogP contribution in [0.25, 0.3) is 0 Å². The Labute approximate surface area is 213 Å². The standard InChI is InChI=1S/2C14H10F3NO/c2*15-14(16,17)12-9-5-4-8-11(12)13(19)18-10-6-2-1-3-7-10/h2*1-9H,(H,18,19). The Balaban J connectivity index is 0.000000211. The SMILES string of the molecule is O=C(Nc1ccccc1)c1ccccc1C(F)(F)F.O=C(Nc1ccccc1)c1ccccc1C(F)(F)F. The monoisotopic (exact) mass is 530 g/mol. The third-order valence-corrected chi connectivity index (χ3v) is 5.02. The molecule has 10 heteroatoms. The van der Waals surface area contributed by atoms with Crippen LogP contribution in [-0.4, -0.2) is 11.8 Å². The first-order valence-corrected chi connectivity index (χ1v) is 11.0. The van der Waals surface area contributed by atoms with Crippen molar-refractivity contribution in [1.82, 2.24) is 0 Å². The van der Waals surface area contributed by atoms with Gasteiger partial charge in [-0.15, -0.1) is 0 Å². The van der Waals surface area contributed by atoms with Crippen LogP contribution in [0.4, 0.5) is 37.7 Å². The Morgan fingerprint density at radius 3 is 1.05 bits per heavy atom. The van der Waals surface area contributed by atoms with E-state index in [0.717, 1.165) is 24.3 Å². The predicted molar refractivity (Wildman–Crippen MR) is 132 cm³/mol. The van der Waals surface area contributed by atoms with Gasteiger partial charge in [0, 0.05) is 11.4 Å². The Bertz CT molecular complexity index is 1260. The molecular formula is C28H20F6N2O2. The highest BCUT2D eigenvalue weighted by Crippen LogP contribution is 2.33. The number of nitrogens with one attached hydrogen (secondary N) is 2. The van der Waals surface area contributed by atoms with Gasteiger partial charge in [-0.05, 0) is 48.5 Å². The number of hydrogen-bond donors (Lipinski definition) is 2. The maximum atomic E-state index is 12.8. The molecule has 0 aliphatic carbocycles. The van der Waals surface area contributed by atoms with E-state index in [1.165, 1.54) is 24.3 Å². The van der Waals surface area contributed by atoms with Crippen molar-refractivity contribution >= 4 is 23.2 Å². The quantitative estimate of drug-likeness (QED) is 0.264. The number of carbonyl (C=O) groups is 2. The van der Waals surface area contributed by atoms with E-state index >= 15 is 0 Å². The lowest BCUT2D eigenvalue weighted by atomic mass is 10.1. The van der Waals surface area contributed by atoms with E-state index in [4.69, 9.17) is 0 Å². The van der Waals surface area contributed by atoms with Crippen molar-refractivity contribution in [2.75, 3.05) is 10.6 Å². The summed E-state index contributed by atoms with van der Waals surface area (Å²) in [7, 11) is 0. The summed E-state index contributed by atoms with van der Waals surface area (Å²) in [6, 6.07) is 26.0. The molecule has 4 aromatic carbocycles. The first kappa shape index (κ1) is 28.0. The van der Waals surface area contributed by atoms with E-state index in [2.05, 4.69) is 10.6 Å². The summed E-state index contributed by atoms with van der Waals surface area (Å²) in [6.45, 7) is 0. The number of carbonyl (C=O) groups excluding carboxylic acids is 2. The molecule has 2 N–H and O–H groups in total. The van der Waals surface area contributed by atoms with Gasteiger partial charge in [-0.25, -0.2) is 0 Å². The molecule has 38 heavy (non-hydrogen) atoms. The summed E-state index contributed by atoms with van der Waals surface area (Å²) in [6.07, 6.45) is -9.10. The number of hydrogen-bond acceptors (Lipinski definition) is 2. The highest BCUT2D eigenvalue weighted by Gasteiger charge is 2.35. The van der Waals surface area contributed by atoms with Crippen LogP contribution >= 0.6 is 0 Å². The Morgan fingerprint density at radius 1 is 0.447 bits per heavy atom. The molecule has 0 aromatic heterocycles.